The Kier molecular flexibility index (Phi) is 7.62. The highest BCUT2D eigenvalue weighted by molar-refractivity contribution is 7.92. The maximum atomic E-state index is 12.3. The molecule has 168 valence electrons. The molecule has 0 spiro atoms. The smallest absolute Gasteiger partial charge is 0.232 e. The molecule has 1 amide bonds. The summed E-state index contributed by atoms with van der Waals surface area (Å²) >= 11 is 0. The lowest BCUT2D eigenvalue weighted by Crippen LogP contribution is -2.33. The SMILES string of the molecule is Cc1cccc(OCCNC(=O)CCCN(c2ccc3c(c2)OCCO3)S(C)(=O)=O)c1. The number of benzene rings is 2. The maximum absolute atomic E-state index is 12.3. The topological polar surface area (TPSA) is 94.2 Å². The minimum absolute atomic E-state index is 0.150. The van der Waals surface area contributed by atoms with Gasteiger partial charge in [0.1, 0.15) is 25.6 Å². The van der Waals surface area contributed by atoms with E-state index in [2.05, 4.69) is 5.32 Å². The molecule has 1 N–H and O–H groups in total. The van der Waals surface area contributed by atoms with Gasteiger partial charge in [-0.3, -0.25) is 9.10 Å². The summed E-state index contributed by atoms with van der Waals surface area (Å²) in [6.45, 7) is 3.80. The summed E-state index contributed by atoms with van der Waals surface area (Å²) in [5, 5.41) is 2.79. The summed E-state index contributed by atoms with van der Waals surface area (Å²) in [6.07, 6.45) is 1.74. The Labute approximate surface area is 183 Å². The van der Waals surface area contributed by atoms with Crippen LogP contribution in [0.3, 0.4) is 0 Å². The van der Waals surface area contributed by atoms with Crippen LogP contribution in [0, 0.1) is 6.92 Å². The van der Waals surface area contributed by atoms with E-state index >= 15 is 0 Å². The van der Waals surface area contributed by atoms with Gasteiger partial charge in [-0.25, -0.2) is 8.42 Å². The molecular formula is C22H28N2O6S. The van der Waals surface area contributed by atoms with Crippen molar-refractivity contribution in [2.24, 2.45) is 0 Å². The first kappa shape index (κ1) is 22.7. The lowest BCUT2D eigenvalue weighted by atomic mass is 10.2. The van der Waals surface area contributed by atoms with Crippen molar-refractivity contribution in [3.8, 4) is 17.2 Å². The van der Waals surface area contributed by atoms with Gasteiger partial charge in [0.05, 0.1) is 18.5 Å². The molecule has 2 aromatic carbocycles. The number of carbonyl (C=O) groups excluding carboxylic acids is 1. The molecule has 31 heavy (non-hydrogen) atoms. The van der Waals surface area contributed by atoms with Crippen LogP contribution >= 0.6 is 0 Å². The Morgan fingerprint density at radius 2 is 1.90 bits per heavy atom. The Bertz CT molecular complexity index is 1010. The number of fused-ring (bicyclic) bond motifs is 1. The van der Waals surface area contributed by atoms with Gasteiger partial charge in [0.15, 0.2) is 11.5 Å². The summed E-state index contributed by atoms with van der Waals surface area (Å²) in [4.78, 5) is 12.1. The summed E-state index contributed by atoms with van der Waals surface area (Å²) < 4.78 is 42.5. The van der Waals surface area contributed by atoms with Crippen molar-refractivity contribution >= 4 is 21.6 Å². The van der Waals surface area contributed by atoms with E-state index in [9.17, 15) is 13.2 Å². The molecule has 0 saturated carbocycles. The number of aryl methyl sites for hydroxylation is 1. The Hall–Kier alpha value is -2.94. The largest absolute Gasteiger partial charge is 0.492 e. The molecule has 0 unspecified atom stereocenters. The molecule has 0 saturated heterocycles. The zero-order valence-corrected chi connectivity index (χ0v) is 18.6. The van der Waals surface area contributed by atoms with Gasteiger partial charge in [0.25, 0.3) is 0 Å². The lowest BCUT2D eigenvalue weighted by Gasteiger charge is -2.25. The number of anilines is 1. The van der Waals surface area contributed by atoms with Crippen molar-refractivity contribution in [1.82, 2.24) is 5.32 Å². The number of rotatable bonds is 10. The standard InChI is InChI=1S/C22H28N2O6S/c1-17-5-3-6-19(15-17)28-12-10-23-22(25)7-4-11-24(31(2,26)27)18-8-9-20-21(16-18)30-14-13-29-20/h3,5-6,8-9,15-16H,4,7,10-14H2,1-2H3,(H,23,25). The van der Waals surface area contributed by atoms with E-state index in [-0.39, 0.29) is 18.9 Å². The number of nitrogens with zero attached hydrogens (tertiary/aromatic N) is 1. The van der Waals surface area contributed by atoms with Crippen LogP contribution in [0.25, 0.3) is 0 Å². The van der Waals surface area contributed by atoms with E-state index < -0.39 is 10.0 Å². The molecule has 1 aliphatic heterocycles. The molecule has 0 radical (unpaired) electrons. The molecule has 0 atom stereocenters. The molecule has 3 rings (SSSR count). The van der Waals surface area contributed by atoms with Crippen molar-refractivity contribution < 1.29 is 27.4 Å². The minimum Gasteiger partial charge on any atom is -0.492 e. The molecule has 8 nitrogen and oxygen atoms in total. The minimum atomic E-state index is -3.51. The second kappa shape index (κ2) is 10.4. The first-order chi connectivity index (χ1) is 14.8. The van der Waals surface area contributed by atoms with Crippen LogP contribution in [0.15, 0.2) is 42.5 Å². The number of sulfonamides is 1. The van der Waals surface area contributed by atoms with E-state index in [0.29, 0.717) is 50.0 Å². The average Bonchev–Trinajstić information content (AvgIpc) is 2.73. The quantitative estimate of drug-likeness (QED) is 0.562. The van der Waals surface area contributed by atoms with Crippen molar-refractivity contribution in [2.45, 2.75) is 19.8 Å². The van der Waals surface area contributed by atoms with Gasteiger partial charge in [0.2, 0.25) is 15.9 Å². The Morgan fingerprint density at radius 3 is 2.65 bits per heavy atom. The van der Waals surface area contributed by atoms with Crippen LogP contribution < -0.4 is 23.8 Å². The fourth-order valence-corrected chi connectivity index (χ4v) is 4.17. The summed E-state index contributed by atoms with van der Waals surface area (Å²) in [6, 6.07) is 12.7. The van der Waals surface area contributed by atoms with Crippen LogP contribution in [0.2, 0.25) is 0 Å². The third-order valence-electron chi connectivity index (χ3n) is 4.66. The molecule has 1 heterocycles. The van der Waals surface area contributed by atoms with E-state index in [1.807, 2.05) is 31.2 Å². The average molecular weight is 449 g/mol. The fourth-order valence-electron chi connectivity index (χ4n) is 3.21. The molecule has 0 bridgehead atoms. The van der Waals surface area contributed by atoms with Crippen LogP contribution in [-0.2, 0) is 14.8 Å². The van der Waals surface area contributed by atoms with Crippen LogP contribution in [0.1, 0.15) is 18.4 Å². The third-order valence-corrected chi connectivity index (χ3v) is 5.86. The second-order valence-corrected chi connectivity index (χ2v) is 9.19. The Balaban J connectivity index is 1.46. The van der Waals surface area contributed by atoms with Gasteiger partial charge in [-0.05, 0) is 43.2 Å². The summed E-state index contributed by atoms with van der Waals surface area (Å²) in [7, 11) is -3.51. The highest BCUT2D eigenvalue weighted by Crippen LogP contribution is 2.34. The van der Waals surface area contributed by atoms with E-state index in [4.69, 9.17) is 14.2 Å². The molecule has 0 aromatic heterocycles. The van der Waals surface area contributed by atoms with Gasteiger partial charge in [-0.2, -0.15) is 0 Å². The lowest BCUT2D eigenvalue weighted by molar-refractivity contribution is -0.121. The predicted octanol–water partition coefficient (Wildman–Crippen LogP) is 2.51. The second-order valence-electron chi connectivity index (χ2n) is 7.28. The Morgan fingerprint density at radius 1 is 1.13 bits per heavy atom. The molecule has 1 aliphatic rings. The van der Waals surface area contributed by atoms with Crippen molar-refractivity contribution in [2.75, 3.05) is 43.5 Å². The molecule has 0 aliphatic carbocycles. The van der Waals surface area contributed by atoms with Gasteiger partial charge >= 0.3 is 0 Å². The van der Waals surface area contributed by atoms with Crippen molar-refractivity contribution in [1.29, 1.82) is 0 Å². The molecule has 2 aromatic rings. The highest BCUT2D eigenvalue weighted by atomic mass is 32.2. The van der Waals surface area contributed by atoms with Gasteiger partial charge in [-0.1, -0.05) is 12.1 Å². The number of hydrogen-bond acceptors (Lipinski definition) is 6. The first-order valence-electron chi connectivity index (χ1n) is 10.2. The number of amides is 1. The number of ether oxygens (including phenoxy) is 3. The van der Waals surface area contributed by atoms with E-state index in [1.165, 1.54) is 4.31 Å². The fraction of sp³-hybridized carbons (Fsp3) is 0.409. The molecule has 0 fully saturated rings. The molecule has 9 heteroatoms. The predicted molar refractivity (Wildman–Crippen MR) is 119 cm³/mol. The monoisotopic (exact) mass is 448 g/mol. The summed E-state index contributed by atoms with van der Waals surface area (Å²) in [5.74, 6) is 1.72. The maximum Gasteiger partial charge on any atom is 0.232 e. The van der Waals surface area contributed by atoms with Crippen LogP contribution in [0.5, 0.6) is 17.2 Å². The zero-order chi connectivity index (χ0) is 22.3. The van der Waals surface area contributed by atoms with Crippen molar-refractivity contribution in [3.05, 3.63) is 48.0 Å². The van der Waals surface area contributed by atoms with Gasteiger partial charge in [0, 0.05) is 19.0 Å². The van der Waals surface area contributed by atoms with Crippen molar-refractivity contribution in [3.63, 3.8) is 0 Å². The summed E-state index contributed by atoms with van der Waals surface area (Å²) in [5.41, 5.74) is 1.59. The normalized spacial score (nSPS) is 12.8. The van der Waals surface area contributed by atoms with Crippen LogP contribution in [0.4, 0.5) is 5.69 Å². The van der Waals surface area contributed by atoms with E-state index in [0.717, 1.165) is 17.6 Å². The zero-order valence-electron chi connectivity index (χ0n) is 17.8. The van der Waals surface area contributed by atoms with E-state index in [1.54, 1.807) is 18.2 Å². The third kappa shape index (κ3) is 6.78. The number of hydrogen-bond donors (Lipinski definition) is 1. The van der Waals surface area contributed by atoms with Crippen LogP contribution in [-0.4, -0.2) is 53.5 Å². The highest BCUT2D eigenvalue weighted by Gasteiger charge is 2.21. The van der Waals surface area contributed by atoms with Gasteiger partial charge < -0.3 is 19.5 Å². The van der Waals surface area contributed by atoms with Gasteiger partial charge in [-0.15, -0.1) is 0 Å². The number of carbonyl (C=O) groups is 1. The molecular weight excluding hydrogens is 420 g/mol. The first-order valence-corrected chi connectivity index (χ1v) is 12.0. The number of nitrogens with one attached hydrogen (secondary N) is 1.